The second kappa shape index (κ2) is 11.7. The molecule has 0 radical (unpaired) electrons. The lowest BCUT2D eigenvalue weighted by atomic mass is 9.52. The fourth-order valence-electron chi connectivity index (χ4n) is 7.20. The molecule has 0 unspecified atom stereocenters. The summed E-state index contributed by atoms with van der Waals surface area (Å²) in [4.78, 5) is 68.6. The number of allylic oxidation sites excluding steroid dienone is 1. The van der Waals surface area contributed by atoms with E-state index in [0.717, 1.165) is 5.56 Å². The number of carbonyl (C=O) groups excluding carboxylic acids is 4. The highest BCUT2D eigenvalue weighted by Crippen LogP contribution is 2.56. The average Bonchev–Trinajstić information content (AvgIpc) is 2.98. The number of rotatable bonds is 7. The highest BCUT2D eigenvalue weighted by molar-refractivity contribution is 6.31. The smallest absolute Gasteiger partial charge is 0.412 e. The van der Waals surface area contributed by atoms with E-state index in [1.807, 2.05) is 6.92 Å². The molecule has 2 amide bonds. The van der Waals surface area contributed by atoms with Gasteiger partial charge in [-0.1, -0.05) is 17.7 Å². The Balaban J connectivity index is 1.58. The van der Waals surface area contributed by atoms with Gasteiger partial charge in [-0.2, -0.15) is 0 Å². The van der Waals surface area contributed by atoms with Gasteiger partial charge >= 0.3 is 6.09 Å². The Labute approximate surface area is 265 Å². The van der Waals surface area contributed by atoms with Crippen molar-refractivity contribution in [3.05, 3.63) is 74.3 Å². The van der Waals surface area contributed by atoms with E-state index in [1.165, 1.54) is 6.92 Å². The lowest BCUT2D eigenvalue weighted by Gasteiger charge is -2.51. The van der Waals surface area contributed by atoms with Gasteiger partial charge in [0.25, 0.3) is 5.91 Å². The number of aliphatic hydroxyl groups is 1. The number of hydrogen-bond donors (Lipinski definition) is 4. The Morgan fingerprint density at radius 3 is 2.33 bits per heavy atom. The Hall–Kier alpha value is -5.04. The predicted molar refractivity (Wildman–Crippen MR) is 169 cm³/mol. The zero-order valence-electron chi connectivity index (χ0n) is 26.5. The molecule has 2 aromatic carbocycles. The van der Waals surface area contributed by atoms with Gasteiger partial charge in [0.2, 0.25) is 0 Å². The number of ether oxygens (including phenoxy) is 1. The molecular weight excluding hydrogens is 594 g/mol. The van der Waals surface area contributed by atoms with Crippen molar-refractivity contribution in [3.8, 4) is 11.5 Å². The normalized spacial score (nSPS) is 23.8. The number of carbonyl (C=O) groups is 4. The van der Waals surface area contributed by atoms with E-state index >= 15 is 0 Å². The maximum absolute atomic E-state index is 14.4. The number of primary amides is 1. The van der Waals surface area contributed by atoms with E-state index in [-0.39, 0.29) is 47.5 Å². The van der Waals surface area contributed by atoms with Gasteiger partial charge in [-0.3, -0.25) is 14.4 Å². The van der Waals surface area contributed by atoms with Crippen molar-refractivity contribution in [2.45, 2.75) is 39.3 Å². The number of phenols is 1. The van der Waals surface area contributed by atoms with Crippen LogP contribution in [0.3, 0.4) is 0 Å². The van der Waals surface area contributed by atoms with Gasteiger partial charge in [0.05, 0.1) is 17.0 Å². The van der Waals surface area contributed by atoms with Gasteiger partial charge in [-0.25, -0.2) is 4.79 Å². The van der Waals surface area contributed by atoms with Gasteiger partial charge in [0.15, 0.2) is 11.6 Å². The lowest BCUT2D eigenvalue weighted by Crippen LogP contribution is -2.61. The second-order valence-corrected chi connectivity index (χ2v) is 12.7. The maximum Gasteiger partial charge on any atom is 0.412 e. The molecule has 0 heterocycles. The number of phenolic OH excluding ortho intramolecular Hbond substituents is 1. The first-order valence-corrected chi connectivity index (χ1v) is 14.8. The third-order valence-electron chi connectivity index (χ3n) is 9.46. The number of hydrogen-bond acceptors (Lipinski definition) is 11. The third-order valence-corrected chi connectivity index (χ3v) is 9.46. The summed E-state index contributed by atoms with van der Waals surface area (Å²) in [6.45, 7) is 3.14. The lowest BCUT2D eigenvalue weighted by molar-refractivity contribution is -0.145. The molecule has 46 heavy (non-hydrogen) atoms. The Morgan fingerprint density at radius 2 is 1.76 bits per heavy atom. The topological polar surface area (TPSA) is 192 Å². The molecule has 3 aliphatic carbocycles. The highest BCUT2D eigenvalue weighted by Gasteiger charge is 2.63. The summed E-state index contributed by atoms with van der Waals surface area (Å²) in [6.07, 6.45) is -0.338. The molecule has 242 valence electrons. The summed E-state index contributed by atoms with van der Waals surface area (Å²) in [5.41, 5.74) is 5.18. The Bertz CT molecular complexity index is 1740. The number of aromatic hydroxyl groups is 1. The summed E-state index contributed by atoms with van der Waals surface area (Å²) < 4.78 is 5.32. The van der Waals surface area contributed by atoms with Crippen molar-refractivity contribution in [1.29, 1.82) is 0 Å². The molecule has 0 bridgehead atoms. The zero-order valence-corrected chi connectivity index (χ0v) is 26.5. The van der Waals surface area contributed by atoms with Gasteiger partial charge in [0.1, 0.15) is 28.5 Å². The van der Waals surface area contributed by atoms with E-state index in [0.29, 0.717) is 17.0 Å². The first kappa shape index (κ1) is 32.4. The Morgan fingerprint density at radius 1 is 1.11 bits per heavy atom. The monoisotopic (exact) mass is 631 g/mol. The van der Waals surface area contributed by atoms with Crippen LogP contribution in [0.1, 0.15) is 35.6 Å². The highest BCUT2D eigenvalue weighted by atomic mass is 16.6. The van der Waals surface area contributed by atoms with Gasteiger partial charge < -0.3 is 35.8 Å². The van der Waals surface area contributed by atoms with Crippen LogP contribution in [0.15, 0.2) is 52.4 Å². The fraction of sp³-hybridized carbons (Fsp3) is 0.394. The zero-order chi connectivity index (χ0) is 33.8. The number of aliphatic hydroxyl groups excluding tert-OH is 1. The molecule has 0 saturated heterocycles. The first-order valence-electron chi connectivity index (χ1n) is 14.8. The summed E-state index contributed by atoms with van der Waals surface area (Å²) >= 11 is 0. The molecule has 0 aliphatic heterocycles. The Kier molecular flexibility index (Phi) is 8.24. The number of benzene rings is 2. The summed E-state index contributed by atoms with van der Waals surface area (Å²) in [6, 6.07) is 7.72. The maximum atomic E-state index is 14.4. The van der Waals surface area contributed by atoms with Crippen molar-refractivity contribution in [2.75, 3.05) is 33.1 Å². The number of ketones is 2. The number of amides is 2. The molecule has 1 saturated carbocycles. The second-order valence-electron chi connectivity index (χ2n) is 12.7. The van der Waals surface area contributed by atoms with E-state index in [1.54, 1.807) is 68.3 Å². The van der Waals surface area contributed by atoms with Crippen molar-refractivity contribution < 1.29 is 34.1 Å². The minimum Gasteiger partial charge on any atom is -0.507 e. The molecular formula is C33H37N5O8. The molecule has 0 spiro atoms. The van der Waals surface area contributed by atoms with Crippen molar-refractivity contribution in [2.24, 2.45) is 28.2 Å². The fourth-order valence-corrected chi connectivity index (χ4v) is 7.20. The van der Waals surface area contributed by atoms with Crippen molar-refractivity contribution >= 4 is 35.0 Å². The van der Waals surface area contributed by atoms with Crippen LogP contribution in [0, 0.1) is 29.1 Å². The van der Waals surface area contributed by atoms with Crippen molar-refractivity contribution in [3.63, 3.8) is 0 Å². The largest absolute Gasteiger partial charge is 0.507 e. The number of anilines is 1. The van der Waals surface area contributed by atoms with Crippen molar-refractivity contribution in [1.82, 2.24) is 10.2 Å². The number of Topliss-reactive ketones (excluding diaryl/α,β-unsaturated/α-hetero) is 2. The van der Waals surface area contributed by atoms with Crippen LogP contribution < -0.4 is 20.7 Å². The number of fused-ring (bicyclic) bond motifs is 3. The van der Waals surface area contributed by atoms with E-state index in [9.17, 15) is 34.3 Å². The number of nitrogens with two attached hydrogens (primary N) is 1. The molecule has 1 fully saturated rings. The summed E-state index contributed by atoms with van der Waals surface area (Å²) in [7, 11) is 6.88. The average molecular weight is 632 g/mol. The van der Waals surface area contributed by atoms with Crippen LogP contribution in [0.4, 0.5) is 10.5 Å². The molecule has 13 nitrogen and oxygen atoms in total. The third kappa shape index (κ3) is 5.00. The van der Waals surface area contributed by atoms with Crippen LogP contribution in [-0.2, 0) is 27.3 Å². The predicted octanol–water partition coefficient (Wildman–Crippen LogP) is 3.11. The molecule has 5 N–H and O–H groups in total. The number of nitroso groups, excluding NO2 is 1. The van der Waals surface area contributed by atoms with Crippen LogP contribution in [0.5, 0.6) is 11.5 Å². The van der Waals surface area contributed by atoms with Crippen LogP contribution in [0.2, 0.25) is 0 Å². The van der Waals surface area contributed by atoms with Crippen LogP contribution in [-0.4, -0.2) is 72.9 Å². The molecule has 5 rings (SSSR count). The van der Waals surface area contributed by atoms with Crippen LogP contribution in [0.25, 0.3) is 5.76 Å². The number of nitrogens with one attached hydrogen (secondary N) is 1. The quantitative estimate of drug-likeness (QED) is 0.201. The summed E-state index contributed by atoms with van der Waals surface area (Å²) in [5, 5.41) is 28.9. The molecule has 3 aliphatic rings. The van der Waals surface area contributed by atoms with E-state index in [2.05, 4.69) is 10.5 Å². The van der Waals surface area contributed by atoms with Gasteiger partial charge in [-0.15, -0.1) is 4.91 Å². The first-order chi connectivity index (χ1) is 21.6. The van der Waals surface area contributed by atoms with Crippen LogP contribution >= 0.6 is 0 Å². The number of likely N-dealkylation sites (N-methyl/N-ethyl adjacent to an activating group) is 1. The minimum absolute atomic E-state index is 0.0184. The minimum atomic E-state index is -1.84. The van der Waals surface area contributed by atoms with E-state index in [4.69, 9.17) is 10.5 Å². The number of nitrogens with zero attached hydrogens (tertiary/aromatic N) is 3. The van der Waals surface area contributed by atoms with Gasteiger partial charge in [-0.05, 0) is 75.6 Å². The molecule has 13 heteroatoms. The summed E-state index contributed by atoms with van der Waals surface area (Å²) in [5.74, 6) is -4.64. The van der Waals surface area contributed by atoms with Gasteiger partial charge in [0, 0.05) is 43.4 Å². The SMILES string of the molecule is Cc1ccc(OC(=O)NCc2cc(N(C)C)c3c(c2O)C(O)=C2C(=O)[C@]4(C)C(=O)C(C(N)=O)=C(N=O)[C@@H](N(C)C)[C@@H]4C[C@@H]2C3)cc1. The molecule has 4 atom stereocenters. The van der Waals surface area contributed by atoms with E-state index < -0.39 is 58.2 Å². The molecule has 0 aromatic heterocycles. The standard InChI is InChI=1S/C33H37N5O8/c1-15-7-9-18(10-8-15)46-32(44)35-14-17-13-21(37(3)4)19-11-16-12-20-26(38(5)6)25(36-45)24(31(34)43)30(42)33(20,2)29(41)22(16)28(40)23(19)27(17)39/h7-10,13,16,20,26,39-40H,11-12,14H2,1-6H3,(H2,34,43)(H,35,44)/t16-,20-,26-,33+/m0/s1. The number of aryl methyl sites for hydroxylation is 1. The molecule has 2 aromatic rings.